The predicted octanol–water partition coefficient (Wildman–Crippen LogP) is 4.88. The van der Waals surface area contributed by atoms with Gasteiger partial charge in [0.1, 0.15) is 0 Å². The number of ether oxygens (including phenoxy) is 2. The Morgan fingerprint density at radius 1 is 0.614 bits per heavy atom. The van der Waals surface area contributed by atoms with Gasteiger partial charge in [-0.15, -0.1) is 0 Å². The quantitative estimate of drug-likeness (QED) is 0.303. The molecule has 44 heavy (non-hydrogen) atoms. The summed E-state index contributed by atoms with van der Waals surface area (Å²) in [5.41, 5.74) is 11.4. The molecule has 0 radical (unpaired) electrons. The minimum absolute atomic E-state index is 0.480. The Hall–Kier alpha value is -2.72. The van der Waals surface area contributed by atoms with Gasteiger partial charge in [-0.1, -0.05) is 23.3 Å². The lowest BCUT2D eigenvalue weighted by Crippen LogP contribution is -2.61. The summed E-state index contributed by atoms with van der Waals surface area (Å²) < 4.78 is 11.5. The molecule has 2 aromatic carbocycles. The summed E-state index contributed by atoms with van der Waals surface area (Å²) >= 11 is 0. The molecule has 232 valence electrons. The van der Waals surface area contributed by atoms with Gasteiger partial charge in [0.05, 0.1) is 50.8 Å². The van der Waals surface area contributed by atoms with Crippen LogP contribution in [0.1, 0.15) is 58.6 Å². The Morgan fingerprint density at radius 2 is 1.09 bits per heavy atom. The van der Waals surface area contributed by atoms with Gasteiger partial charge in [0, 0.05) is 72.5 Å². The molecular weight excluding hydrogens is 548 g/mol. The second kappa shape index (κ2) is 11.0. The van der Waals surface area contributed by atoms with E-state index in [2.05, 4.69) is 79.8 Å². The Balaban J connectivity index is 0.000000123. The number of aryl methyl sites for hydroxylation is 2. The van der Waals surface area contributed by atoms with E-state index in [9.17, 15) is 0 Å². The van der Waals surface area contributed by atoms with Crippen molar-refractivity contribution in [2.75, 3.05) is 65.7 Å². The van der Waals surface area contributed by atoms with Crippen LogP contribution in [0.5, 0.6) is 0 Å². The molecule has 0 amide bonds. The average Bonchev–Trinajstić information content (AvgIpc) is 3.62. The zero-order valence-electron chi connectivity index (χ0n) is 26.3. The zero-order valence-corrected chi connectivity index (χ0v) is 26.3. The van der Waals surface area contributed by atoms with Gasteiger partial charge in [-0.3, -0.25) is 19.6 Å². The van der Waals surface area contributed by atoms with Crippen LogP contribution >= 0.6 is 0 Å². The SMILES string of the molecule is Cc1ccc2[nH]c3c(c2c1)CCN1[C@@H]3CCN2CCOC[C@H]21.Cc1ccc2[nH]c3c(c2c1)CCN1[C@H]3CCN2CCOC[C@@H]21. The van der Waals surface area contributed by atoms with E-state index in [0.717, 1.165) is 65.4 Å². The van der Waals surface area contributed by atoms with Crippen molar-refractivity contribution in [3.63, 3.8) is 0 Å². The number of benzene rings is 2. The molecule has 4 atom stereocenters. The molecule has 10 rings (SSSR count). The molecule has 6 aliphatic rings. The van der Waals surface area contributed by atoms with Crippen LogP contribution in [0.2, 0.25) is 0 Å². The number of nitrogens with one attached hydrogen (secondary N) is 2. The molecule has 4 saturated heterocycles. The number of rotatable bonds is 0. The van der Waals surface area contributed by atoms with E-state index in [1.54, 1.807) is 11.1 Å². The van der Waals surface area contributed by atoms with Gasteiger partial charge in [-0.2, -0.15) is 0 Å². The van der Waals surface area contributed by atoms with Gasteiger partial charge >= 0.3 is 0 Å². The van der Waals surface area contributed by atoms with E-state index in [0.29, 0.717) is 24.4 Å². The lowest BCUT2D eigenvalue weighted by Gasteiger charge is -2.51. The summed E-state index contributed by atoms with van der Waals surface area (Å²) in [5.74, 6) is 0. The summed E-state index contributed by atoms with van der Waals surface area (Å²) in [6.07, 6.45) is 5.73. The molecule has 8 heteroatoms. The van der Waals surface area contributed by atoms with Crippen LogP contribution in [0.3, 0.4) is 0 Å². The van der Waals surface area contributed by atoms with Gasteiger partial charge in [0.15, 0.2) is 0 Å². The Morgan fingerprint density at radius 3 is 1.57 bits per heavy atom. The van der Waals surface area contributed by atoms with Gasteiger partial charge in [0.25, 0.3) is 0 Å². The number of fused-ring (bicyclic) bond motifs is 14. The molecule has 8 heterocycles. The van der Waals surface area contributed by atoms with Gasteiger partial charge in [0.2, 0.25) is 0 Å². The maximum absolute atomic E-state index is 5.76. The summed E-state index contributed by atoms with van der Waals surface area (Å²) in [4.78, 5) is 18.0. The summed E-state index contributed by atoms with van der Waals surface area (Å²) in [7, 11) is 0. The van der Waals surface area contributed by atoms with Crippen LogP contribution in [0, 0.1) is 13.8 Å². The second-order valence-corrected chi connectivity index (χ2v) is 13.9. The van der Waals surface area contributed by atoms with E-state index >= 15 is 0 Å². The molecule has 0 bridgehead atoms. The number of hydrogen-bond donors (Lipinski definition) is 2. The number of nitrogens with zero attached hydrogens (tertiary/aromatic N) is 4. The Bertz CT molecular complexity index is 1570. The lowest BCUT2D eigenvalue weighted by molar-refractivity contribution is -0.120. The van der Waals surface area contributed by atoms with Crippen LogP contribution in [-0.4, -0.2) is 108 Å². The van der Waals surface area contributed by atoms with Gasteiger partial charge < -0.3 is 19.4 Å². The first-order valence-electron chi connectivity index (χ1n) is 17.0. The third kappa shape index (κ3) is 4.49. The molecule has 2 aromatic heterocycles. The lowest BCUT2D eigenvalue weighted by atomic mass is 9.92. The van der Waals surface area contributed by atoms with E-state index < -0.39 is 0 Å². The fourth-order valence-corrected chi connectivity index (χ4v) is 9.29. The van der Waals surface area contributed by atoms with Crippen molar-refractivity contribution in [1.29, 1.82) is 0 Å². The highest BCUT2D eigenvalue weighted by atomic mass is 16.5. The van der Waals surface area contributed by atoms with Crippen molar-refractivity contribution in [1.82, 2.24) is 29.6 Å². The highest BCUT2D eigenvalue weighted by Gasteiger charge is 2.43. The third-order valence-electron chi connectivity index (χ3n) is 11.5. The summed E-state index contributed by atoms with van der Waals surface area (Å²) in [6.45, 7) is 14.8. The van der Waals surface area contributed by atoms with Gasteiger partial charge in [-0.25, -0.2) is 0 Å². The van der Waals surface area contributed by atoms with Crippen molar-refractivity contribution in [2.24, 2.45) is 0 Å². The Labute approximate surface area is 260 Å². The number of hydrogen-bond acceptors (Lipinski definition) is 6. The standard InChI is InChI=1S/2C18H23N3O/c2*1-12-2-3-15-14(10-12)13-4-7-21-16(18(13)19-15)5-6-20-8-9-22-11-17(20)21/h2*2-3,10,16-17,19H,4-9,11H2,1H3/t2*16-,17-/m10/s1. The first-order chi connectivity index (χ1) is 21.6. The normalized spacial score (nSPS) is 29.1. The predicted molar refractivity (Wildman–Crippen MR) is 174 cm³/mol. The maximum Gasteiger partial charge on any atom is 0.0870 e. The first kappa shape index (κ1) is 27.6. The molecule has 0 unspecified atom stereocenters. The van der Waals surface area contributed by atoms with E-state index in [1.807, 2.05) is 0 Å². The average molecular weight is 595 g/mol. The van der Waals surface area contributed by atoms with Crippen molar-refractivity contribution in [2.45, 2.75) is 63.9 Å². The van der Waals surface area contributed by atoms with E-state index in [-0.39, 0.29) is 0 Å². The summed E-state index contributed by atoms with van der Waals surface area (Å²) in [5, 5.41) is 2.88. The fourth-order valence-electron chi connectivity index (χ4n) is 9.29. The third-order valence-corrected chi connectivity index (χ3v) is 11.5. The largest absolute Gasteiger partial charge is 0.377 e. The highest BCUT2D eigenvalue weighted by Crippen LogP contribution is 2.42. The number of H-pyrrole nitrogens is 2. The smallest absolute Gasteiger partial charge is 0.0870 e. The molecular formula is C36H46N6O2. The number of morpholine rings is 2. The molecule has 0 aliphatic carbocycles. The van der Waals surface area contributed by atoms with Crippen LogP contribution < -0.4 is 0 Å². The fraction of sp³-hybridized carbons (Fsp3) is 0.556. The van der Waals surface area contributed by atoms with Crippen LogP contribution in [0.15, 0.2) is 36.4 Å². The Kier molecular flexibility index (Phi) is 6.87. The molecule has 4 aromatic rings. The molecule has 6 aliphatic heterocycles. The monoisotopic (exact) mass is 594 g/mol. The van der Waals surface area contributed by atoms with Crippen molar-refractivity contribution in [3.05, 3.63) is 70.0 Å². The maximum atomic E-state index is 5.76. The van der Waals surface area contributed by atoms with E-state index in [4.69, 9.17) is 9.47 Å². The van der Waals surface area contributed by atoms with Crippen molar-refractivity contribution in [3.8, 4) is 0 Å². The van der Waals surface area contributed by atoms with Crippen LogP contribution in [0.4, 0.5) is 0 Å². The minimum Gasteiger partial charge on any atom is -0.377 e. The molecule has 0 saturated carbocycles. The van der Waals surface area contributed by atoms with Crippen molar-refractivity contribution < 1.29 is 9.47 Å². The molecule has 8 nitrogen and oxygen atoms in total. The minimum atomic E-state index is 0.480. The molecule has 0 spiro atoms. The number of aromatic nitrogens is 2. The number of aromatic amines is 2. The summed E-state index contributed by atoms with van der Waals surface area (Å²) in [6, 6.07) is 14.7. The second-order valence-electron chi connectivity index (χ2n) is 13.9. The van der Waals surface area contributed by atoms with Crippen molar-refractivity contribution >= 4 is 21.8 Å². The van der Waals surface area contributed by atoms with Gasteiger partial charge in [-0.05, 0) is 74.9 Å². The first-order valence-corrected chi connectivity index (χ1v) is 17.0. The topological polar surface area (TPSA) is 63.0 Å². The molecule has 4 fully saturated rings. The van der Waals surface area contributed by atoms with E-state index in [1.165, 1.54) is 70.3 Å². The van der Waals surface area contributed by atoms with Crippen LogP contribution in [-0.2, 0) is 22.3 Å². The molecule has 2 N–H and O–H groups in total. The zero-order chi connectivity index (χ0) is 29.4. The van der Waals surface area contributed by atoms with Crippen LogP contribution in [0.25, 0.3) is 21.8 Å². The highest BCUT2D eigenvalue weighted by molar-refractivity contribution is 5.86.